The van der Waals surface area contributed by atoms with E-state index in [4.69, 9.17) is 0 Å². The van der Waals surface area contributed by atoms with Gasteiger partial charge in [-0.1, -0.05) is 42.5 Å². The number of anilines is 1. The lowest BCUT2D eigenvalue weighted by Crippen LogP contribution is -2.44. The van der Waals surface area contributed by atoms with E-state index >= 15 is 0 Å². The second-order valence-corrected chi connectivity index (χ2v) is 8.37. The summed E-state index contributed by atoms with van der Waals surface area (Å²) < 4.78 is 0. The molecule has 2 aromatic rings. The van der Waals surface area contributed by atoms with Crippen molar-refractivity contribution in [2.24, 2.45) is 0 Å². The van der Waals surface area contributed by atoms with Crippen molar-refractivity contribution in [3.05, 3.63) is 77.0 Å². The summed E-state index contributed by atoms with van der Waals surface area (Å²) >= 11 is 0. The fourth-order valence-electron chi connectivity index (χ4n) is 4.42. The quantitative estimate of drug-likeness (QED) is 0.591. The topological polar surface area (TPSA) is 52.7 Å². The van der Waals surface area contributed by atoms with E-state index in [0.29, 0.717) is 5.70 Å². The molecular formula is C25H27N3O2. The first-order valence-electron chi connectivity index (χ1n) is 10.3. The Morgan fingerprint density at radius 3 is 2.50 bits per heavy atom. The number of rotatable bonds is 4. The number of fused-ring (bicyclic) bond motifs is 1. The molecule has 1 fully saturated rings. The van der Waals surface area contributed by atoms with E-state index < -0.39 is 0 Å². The third-order valence-electron chi connectivity index (χ3n) is 5.77. The zero-order valence-corrected chi connectivity index (χ0v) is 17.9. The smallest absolute Gasteiger partial charge is 0.329 e. The molecule has 2 aliphatic rings. The second kappa shape index (κ2) is 7.48. The highest BCUT2D eigenvalue weighted by Gasteiger charge is 2.34. The van der Waals surface area contributed by atoms with Gasteiger partial charge in [0.25, 0.3) is 5.91 Å². The lowest BCUT2D eigenvalue weighted by Gasteiger charge is -2.42. The number of carbonyl (C=O) groups is 2. The molecule has 0 saturated carbocycles. The summed E-state index contributed by atoms with van der Waals surface area (Å²) in [5, 5.41) is 2.72. The predicted octanol–water partition coefficient (Wildman–Crippen LogP) is 4.80. The maximum Gasteiger partial charge on any atom is 0.329 e. The highest BCUT2D eigenvalue weighted by molar-refractivity contribution is 6.14. The Labute approximate surface area is 177 Å². The number of hydrogen-bond acceptors (Lipinski definition) is 3. The van der Waals surface area contributed by atoms with Crippen molar-refractivity contribution in [1.29, 1.82) is 0 Å². The average Bonchev–Trinajstić information content (AvgIpc) is 2.96. The Hall–Kier alpha value is -3.34. The molecule has 0 spiro atoms. The van der Waals surface area contributed by atoms with Gasteiger partial charge in [0.05, 0.1) is 12.1 Å². The minimum absolute atomic E-state index is 0.0425. The van der Waals surface area contributed by atoms with Crippen molar-refractivity contribution in [1.82, 2.24) is 10.2 Å². The van der Waals surface area contributed by atoms with E-state index in [2.05, 4.69) is 56.1 Å². The molecule has 4 rings (SSSR count). The molecule has 0 unspecified atom stereocenters. The third-order valence-corrected chi connectivity index (χ3v) is 5.77. The monoisotopic (exact) mass is 401 g/mol. The lowest BCUT2D eigenvalue weighted by atomic mass is 9.88. The Bertz CT molecular complexity index is 1070. The average molecular weight is 402 g/mol. The molecule has 1 saturated heterocycles. The van der Waals surface area contributed by atoms with Gasteiger partial charge in [-0.15, -0.1) is 0 Å². The van der Waals surface area contributed by atoms with Gasteiger partial charge in [-0.05, 0) is 62.6 Å². The van der Waals surface area contributed by atoms with Crippen molar-refractivity contribution in [2.45, 2.75) is 39.8 Å². The standard InChI is InChI=1S/C25H27N3O2/c1-5-28-22-12-11-19(13-20(22)17(2)15-25(28,3)4)14-21-23(29)27(24(30)26-21)16-18-9-7-6-8-10-18/h6-15H,5,16H2,1-4H3,(H,26,30)/b21-14+. The van der Waals surface area contributed by atoms with Gasteiger partial charge in [0.2, 0.25) is 0 Å². The van der Waals surface area contributed by atoms with Crippen LogP contribution < -0.4 is 10.2 Å². The number of nitrogens with one attached hydrogen (secondary N) is 1. The van der Waals surface area contributed by atoms with Crippen molar-refractivity contribution >= 4 is 29.3 Å². The van der Waals surface area contributed by atoms with Crippen LogP contribution in [-0.2, 0) is 11.3 Å². The second-order valence-electron chi connectivity index (χ2n) is 8.37. The summed E-state index contributed by atoms with van der Waals surface area (Å²) in [4.78, 5) is 28.8. The van der Waals surface area contributed by atoms with Crippen LogP contribution in [0, 0.1) is 0 Å². The maximum atomic E-state index is 12.8. The van der Waals surface area contributed by atoms with Crippen LogP contribution in [-0.4, -0.2) is 28.9 Å². The van der Waals surface area contributed by atoms with Crippen molar-refractivity contribution < 1.29 is 9.59 Å². The van der Waals surface area contributed by atoms with Gasteiger partial charge in [0.1, 0.15) is 5.70 Å². The van der Waals surface area contributed by atoms with Crippen molar-refractivity contribution in [3.8, 4) is 0 Å². The zero-order chi connectivity index (χ0) is 21.5. The zero-order valence-electron chi connectivity index (χ0n) is 17.9. The summed E-state index contributed by atoms with van der Waals surface area (Å²) in [5.41, 5.74) is 5.63. The van der Waals surface area contributed by atoms with Crippen molar-refractivity contribution in [3.63, 3.8) is 0 Å². The molecule has 154 valence electrons. The Balaban J connectivity index is 1.62. The normalized spacial score (nSPS) is 19.1. The van der Waals surface area contributed by atoms with Gasteiger partial charge in [0, 0.05) is 17.8 Å². The number of urea groups is 1. The summed E-state index contributed by atoms with van der Waals surface area (Å²) in [7, 11) is 0. The Morgan fingerprint density at radius 1 is 1.07 bits per heavy atom. The highest BCUT2D eigenvalue weighted by atomic mass is 16.2. The molecule has 5 heteroatoms. The summed E-state index contributed by atoms with van der Waals surface area (Å²) in [6, 6.07) is 15.3. The van der Waals surface area contributed by atoms with E-state index in [1.54, 1.807) is 6.08 Å². The van der Waals surface area contributed by atoms with Crippen molar-refractivity contribution in [2.75, 3.05) is 11.4 Å². The fourth-order valence-corrected chi connectivity index (χ4v) is 4.42. The molecule has 0 aliphatic carbocycles. The summed E-state index contributed by atoms with van der Waals surface area (Å²) in [5.74, 6) is -0.301. The van der Waals surface area contributed by atoms with E-state index in [1.807, 2.05) is 36.4 Å². The van der Waals surface area contributed by atoms with Crippen LogP contribution >= 0.6 is 0 Å². The molecule has 30 heavy (non-hydrogen) atoms. The Kier molecular flexibility index (Phi) is 4.98. The predicted molar refractivity (Wildman–Crippen MR) is 121 cm³/mol. The third kappa shape index (κ3) is 3.52. The first-order valence-corrected chi connectivity index (χ1v) is 10.3. The molecule has 0 bridgehead atoms. The van der Waals surface area contributed by atoms with Crippen LogP contribution in [0.5, 0.6) is 0 Å². The van der Waals surface area contributed by atoms with Crippen LogP contribution in [0.2, 0.25) is 0 Å². The minimum Gasteiger partial charge on any atom is -0.363 e. The number of nitrogens with zero attached hydrogens (tertiary/aromatic N) is 2. The number of likely N-dealkylation sites (N-methyl/N-ethyl adjacent to an activating group) is 1. The molecule has 2 aromatic carbocycles. The molecule has 0 aromatic heterocycles. The first-order chi connectivity index (χ1) is 14.3. The minimum atomic E-state index is -0.386. The number of benzene rings is 2. The van der Waals surface area contributed by atoms with E-state index in [-0.39, 0.29) is 24.0 Å². The number of hydrogen-bond donors (Lipinski definition) is 1. The van der Waals surface area contributed by atoms with E-state index in [1.165, 1.54) is 16.2 Å². The van der Waals surface area contributed by atoms with E-state index in [0.717, 1.165) is 23.2 Å². The molecule has 2 aliphatic heterocycles. The molecular weight excluding hydrogens is 374 g/mol. The number of amides is 3. The largest absolute Gasteiger partial charge is 0.363 e. The lowest BCUT2D eigenvalue weighted by molar-refractivity contribution is -0.123. The molecule has 2 heterocycles. The van der Waals surface area contributed by atoms with Crippen LogP contribution in [0.15, 0.2) is 60.3 Å². The van der Waals surface area contributed by atoms with Gasteiger partial charge in [-0.3, -0.25) is 9.69 Å². The van der Waals surface area contributed by atoms with Gasteiger partial charge >= 0.3 is 6.03 Å². The molecule has 1 N–H and O–H groups in total. The number of carbonyl (C=O) groups excluding carboxylic acids is 2. The van der Waals surface area contributed by atoms with Crippen LogP contribution in [0.1, 0.15) is 44.4 Å². The molecule has 0 radical (unpaired) electrons. The van der Waals surface area contributed by atoms with Crippen LogP contribution in [0.3, 0.4) is 0 Å². The van der Waals surface area contributed by atoms with Gasteiger partial charge < -0.3 is 10.2 Å². The van der Waals surface area contributed by atoms with Gasteiger partial charge in [-0.25, -0.2) is 4.79 Å². The van der Waals surface area contributed by atoms with Crippen LogP contribution in [0.25, 0.3) is 11.6 Å². The van der Waals surface area contributed by atoms with Gasteiger partial charge in [0.15, 0.2) is 0 Å². The Morgan fingerprint density at radius 2 is 1.80 bits per heavy atom. The maximum absolute atomic E-state index is 12.8. The van der Waals surface area contributed by atoms with E-state index in [9.17, 15) is 9.59 Å². The SMILES string of the molecule is CCN1c2ccc(/C=C3/NC(=O)N(Cc4ccccc4)C3=O)cc2C(C)=CC1(C)C. The first kappa shape index (κ1) is 20.0. The molecule has 3 amide bonds. The summed E-state index contributed by atoms with van der Waals surface area (Å²) in [6.45, 7) is 9.88. The number of allylic oxidation sites excluding steroid dienone is 1. The highest BCUT2D eigenvalue weighted by Crippen LogP contribution is 2.39. The number of imide groups is 1. The molecule has 0 atom stereocenters. The summed E-state index contributed by atoms with van der Waals surface area (Å²) in [6.07, 6.45) is 4.04. The van der Waals surface area contributed by atoms with Crippen LogP contribution in [0.4, 0.5) is 10.5 Å². The fraction of sp³-hybridized carbons (Fsp3) is 0.280. The molecule has 5 nitrogen and oxygen atoms in total. The van der Waals surface area contributed by atoms with Gasteiger partial charge in [-0.2, -0.15) is 0 Å².